The van der Waals surface area contributed by atoms with Crippen molar-refractivity contribution in [1.82, 2.24) is 20.5 Å². The van der Waals surface area contributed by atoms with Crippen molar-refractivity contribution in [2.45, 2.75) is 44.1 Å². The molecule has 0 aromatic carbocycles. The summed E-state index contributed by atoms with van der Waals surface area (Å²) in [5.41, 5.74) is 0.417. The highest BCUT2D eigenvalue weighted by molar-refractivity contribution is 7.09. The van der Waals surface area contributed by atoms with Crippen LogP contribution in [0.2, 0.25) is 0 Å². The number of hydrogen-bond donors (Lipinski definition) is 2. The van der Waals surface area contributed by atoms with Gasteiger partial charge >= 0.3 is 6.03 Å². The molecule has 1 unspecified atom stereocenters. The minimum Gasteiger partial charge on any atom is -0.335 e. The molecule has 3 heterocycles. The smallest absolute Gasteiger partial charge is 0.317 e. The Kier molecular flexibility index (Phi) is 3.82. The summed E-state index contributed by atoms with van der Waals surface area (Å²) in [6, 6.07) is 0.566. The number of nitrogens with zero attached hydrogens (tertiary/aromatic N) is 2. The van der Waals surface area contributed by atoms with Crippen LogP contribution >= 0.6 is 11.3 Å². The highest BCUT2D eigenvalue weighted by Gasteiger charge is 2.54. The van der Waals surface area contributed by atoms with Crippen molar-refractivity contribution in [3.05, 3.63) is 16.6 Å². The standard InChI is InChI=1S/C16H24N4OS/c21-15(19-13-11-16(13)3-5-17-6-4-16)20-8-1-12(2-9-20)14-18-7-10-22-14/h7,10,12-13,17H,1-6,8-9,11H2,(H,19,21). The van der Waals surface area contributed by atoms with E-state index in [1.54, 1.807) is 11.3 Å². The van der Waals surface area contributed by atoms with Crippen LogP contribution in [0.15, 0.2) is 11.6 Å². The molecule has 120 valence electrons. The number of nitrogens with one attached hydrogen (secondary N) is 2. The monoisotopic (exact) mass is 320 g/mol. The summed E-state index contributed by atoms with van der Waals surface area (Å²) in [5, 5.41) is 9.96. The van der Waals surface area contributed by atoms with Gasteiger partial charge in [0.1, 0.15) is 0 Å². The SMILES string of the molecule is O=C(NC1CC12CCNCC2)N1CCC(c2nccs2)CC1. The van der Waals surface area contributed by atoms with Crippen LogP contribution in [0, 0.1) is 5.41 Å². The third-order valence-corrected chi connectivity index (χ3v) is 6.61. The van der Waals surface area contributed by atoms with Gasteiger partial charge in [-0.15, -0.1) is 11.3 Å². The quantitative estimate of drug-likeness (QED) is 0.878. The van der Waals surface area contributed by atoms with Gasteiger partial charge in [-0.1, -0.05) is 0 Å². The van der Waals surface area contributed by atoms with Crippen LogP contribution in [0.25, 0.3) is 0 Å². The van der Waals surface area contributed by atoms with Gasteiger partial charge in [0.2, 0.25) is 0 Å². The number of carbonyl (C=O) groups excluding carboxylic acids is 1. The number of aromatic nitrogens is 1. The summed E-state index contributed by atoms with van der Waals surface area (Å²) in [4.78, 5) is 18.9. The maximum atomic E-state index is 12.5. The van der Waals surface area contributed by atoms with Crippen molar-refractivity contribution < 1.29 is 4.79 Å². The minimum atomic E-state index is 0.151. The van der Waals surface area contributed by atoms with Crippen molar-refractivity contribution in [3.63, 3.8) is 0 Å². The van der Waals surface area contributed by atoms with Crippen LogP contribution in [0.5, 0.6) is 0 Å². The predicted octanol–water partition coefficient (Wildman–Crippen LogP) is 2.17. The van der Waals surface area contributed by atoms with Gasteiger partial charge in [-0.2, -0.15) is 0 Å². The first-order chi connectivity index (χ1) is 10.8. The Morgan fingerprint density at radius 3 is 2.82 bits per heavy atom. The van der Waals surface area contributed by atoms with E-state index in [0.717, 1.165) is 39.0 Å². The van der Waals surface area contributed by atoms with Crippen molar-refractivity contribution in [2.24, 2.45) is 5.41 Å². The number of rotatable bonds is 2. The third kappa shape index (κ3) is 2.74. The second-order valence-corrected chi connectivity index (χ2v) is 7.88. The molecule has 2 saturated heterocycles. The van der Waals surface area contributed by atoms with E-state index in [2.05, 4.69) is 15.6 Å². The summed E-state index contributed by atoms with van der Waals surface area (Å²) in [6.07, 6.45) is 7.57. The number of hydrogen-bond acceptors (Lipinski definition) is 4. The fourth-order valence-corrected chi connectivity index (χ4v) is 4.85. The molecule has 0 radical (unpaired) electrons. The van der Waals surface area contributed by atoms with Crippen molar-refractivity contribution in [1.29, 1.82) is 0 Å². The molecular formula is C16H24N4OS. The van der Waals surface area contributed by atoms with E-state index in [1.165, 1.54) is 24.3 Å². The topological polar surface area (TPSA) is 57.3 Å². The molecule has 0 bridgehead atoms. The zero-order chi connectivity index (χ0) is 15.0. The number of urea groups is 1. The van der Waals surface area contributed by atoms with Gasteiger partial charge in [0, 0.05) is 36.6 Å². The third-order valence-electron chi connectivity index (χ3n) is 5.67. The Bertz CT molecular complexity index is 518. The van der Waals surface area contributed by atoms with Crippen molar-refractivity contribution >= 4 is 17.4 Å². The van der Waals surface area contributed by atoms with E-state index in [9.17, 15) is 4.79 Å². The second-order valence-electron chi connectivity index (χ2n) is 6.95. The van der Waals surface area contributed by atoms with E-state index in [-0.39, 0.29) is 6.03 Å². The molecule has 1 spiro atoms. The highest BCUT2D eigenvalue weighted by atomic mass is 32.1. The molecule has 1 saturated carbocycles. The molecule has 4 rings (SSSR count). The maximum absolute atomic E-state index is 12.5. The maximum Gasteiger partial charge on any atom is 0.317 e. The molecule has 6 heteroatoms. The predicted molar refractivity (Wildman–Crippen MR) is 87.1 cm³/mol. The zero-order valence-corrected chi connectivity index (χ0v) is 13.7. The van der Waals surface area contributed by atoms with E-state index in [0.29, 0.717) is 17.4 Å². The second kappa shape index (κ2) is 5.81. The number of carbonyl (C=O) groups is 1. The Morgan fingerprint density at radius 1 is 1.36 bits per heavy atom. The molecule has 1 aromatic rings. The first-order valence-corrected chi connectivity index (χ1v) is 9.30. The van der Waals surface area contributed by atoms with Crippen LogP contribution in [-0.2, 0) is 0 Å². The summed E-state index contributed by atoms with van der Waals surface area (Å²) >= 11 is 1.74. The van der Waals surface area contributed by atoms with Crippen molar-refractivity contribution in [2.75, 3.05) is 26.2 Å². The van der Waals surface area contributed by atoms with E-state index >= 15 is 0 Å². The van der Waals surface area contributed by atoms with Gasteiger partial charge in [-0.3, -0.25) is 0 Å². The Hall–Kier alpha value is -1.14. The average Bonchev–Trinajstić information content (AvgIpc) is 2.99. The van der Waals surface area contributed by atoms with Crippen LogP contribution < -0.4 is 10.6 Å². The van der Waals surface area contributed by atoms with Gasteiger partial charge in [-0.05, 0) is 50.6 Å². The Morgan fingerprint density at radius 2 is 2.14 bits per heavy atom. The molecule has 22 heavy (non-hydrogen) atoms. The van der Waals surface area contributed by atoms with Crippen LogP contribution in [0.3, 0.4) is 0 Å². The van der Waals surface area contributed by atoms with Gasteiger partial charge < -0.3 is 15.5 Å². The van der Waals surface area contributed by atoms with Gasteiger partial charge in [0.05, 0.1) is 5.01 Å². The number of piperidine rings is 2. The summed E-state index contributed by atoms with van der Waals surface area (Å²) in [6.45, 7) is 3.92. The fraction of sp³-hybridized carbons (Fsp3) is 0.750. The molecule has 5 nitrogen and oxygen atoms in total. The first-order valence-electron chi connectivity index (χ1n) is 8.42. The lowest BCUT2D eigenvalue weighted by atomic mass is 9.94. The molecule has 1 aromatic heterocycles. The largest absolute Gasteiger partial charge is 0.335 e. The fourth-order valence-electron chi connectivity index (χ4n) is 4.03. The number of likely N-dealkylation sites (tertiary alicyclic amines) is 1. The normalized spacial score (nSPS) is 27.8. The van der Waals surface area contributed by atoms with Gasteiger partial charge in [0.15, 0.2) is 0 Å². The van der Waals surface area contributed by atoms with Crippen LogP contribution in [-0.4, -0.2) is 48.1 Å². The van der Waals surface area contributed by atoms with Crippen LogP contribution in [0.4, 0.5) is 4.79 Å². The average molecular weight is 320 g/mol. The molecule has 1 aliphatic carbocycles. The first kappa shape index (κ1) is 14.5. The lowest BCUT2D eigenvalue weighted by Crippen LogP contribution is -2.46. The molecule has 3 fully saturated rings. The number of amides is 2. The van der Waals surface area contributed by atoms with E-state index in [1.807, 2.05) is 16.5 Å². The lowest BCUT2D eigenvalue weighted by Gasteiger charge is -2.32. The zero-order valence-electron chi connectivity index (χ0n) is 12.9. The summed E-state index contributed by atoms with van der Waals surface area (Å²) < 4.78 is 0. The summed E-state index contributed by atoms with van der Waals surface area (Å²) in [5.74, 6) is 0.542. The van der Waals surface area contributed by atoms with Gasteiger partial charge in [0.25, 0.3) is 0 Å². The lowest BCUT2D eigenvalue weighted by molar-refractivity contribution is 0.178. The van der Waals surface area contributed by atoms with Crippen molar-refractivity contribution in [3.8, 4) is 0 Å². The number of thiazole rings is 1. The highest BCUT2D eigenvalue weighted by Crippen LogP contribution is 2.52. The van der Waals surface area contributed by atoms with Crippen LogP contribution in [0.1, 0.15) is 43.0 Å². The molecule has 3 aliphatic rings. The van der Waals surface area contributed by atoms with E-state index < -0.39 is 0 Å². The van der Waals surface area contributed by atoms with Gasteiger partial charge in [-0.25, -0.2) is 9.78 Å². The molecular weight excluding hydrogens is 296 g/mol. The minimum absolute atomic E-state index is 0.151. The molecule has 2 N–H and O–H groups in total. The Balaban J connectivity index is 1.26. The molecule has 2 amide bonds. The summed E-state index contributed by atoms with van der Waals surface area (Å²) in [7, 11) is 0. The Labute approximate surface area is 135 Å². The van der Waals surface area contributed by atoms with E-state index in [4.69, 9.17) is 0 Å². The molecule has 1 atom stereocenters. The molecule has 2 aliphatic heterocycles.